The Bertz CT molecular complexity index is 368. The summed E-state index contributed by atoms with van der Waals surface area (Å²) in [5.41, 5.74) is 5.71. The zero-order valence-corrected chi connectivity index (χ0v) is 10.1. The van der Waals surface area contributed by atoms with Crippen LogP contribution in [0.4, 0.5) is 4.39 Å². The van der Waals surface area contributed by atoms with Gasteiger partial charge < -0.3 is 5.73 Å². The minimum atomic E-state index is -0.612. The highest BCUT2D eigenvalue weighted by molar-refractivity contribution is 9.10. The van der Waals surface area contributed by atoms with Gasteiger partial charge in [0.15, 0.2) is 5.78 Å². The summed E-state index contributed by atoms with van der Waals surface area (Å²) in [5, 5.41) is 0. The summed E-state index contributed by atoms with van der Waals surface area (Å²) in [4.78, 5) is 11.7. The Morgan fingerprint density at radius 1 is 1.60 bits per heavy atom. The van der Waals surface area contributed by atoms with Crippen molar-refractivity contribution in [3.8, 4) is 0 Å². The molecule has 0 bridgehead atoms. The Morgan fingerprint density at radius 2 is 2.27 bits per heavy atom. The van der Waals surface area contributed by atoms with Crippen LogP contribution in [0.1, 0.15) is 30.1 Å². The van der Waals surface area contributed by atoms with Gasteiger partial charge in [0.25, 0.3) is 0 Å². The van der Waals surface area contributed by atoms with Gasteiger partial charge in [0.05, 0.1) is 11.6 Å². The van der Waals surface area contributed by atoms with Crippen LogP contribution in [0.5, 0.6) is 0 Å². The molecule has 82 valence electrons. The van der Waals surface area contributed by atoms with Gasteiger partial charge in [-0.05, 0) is 24.6 Å². The Balaban J connectivity index is 2.95. The van der Waals surface area contributed by atoms with E-state index in [0.29, 0.717) is 10.9 Å². The molecule has 0 heterocycles. The SMILES string of the molecule is CCCC(N)C(=O)c1cc(Br)ccc1F. The number of benzene rings is 1. The van der Waals surface area contributed by atoms with Crippen LogP contribution in [-0.4, -0.2) is 11.8 Å². The van der Waals surface area contributed by atoms with Crippen LogP contribution in [0, 0.1) is 5.82 Å². The molecule has 0 aliphatic carbocycles. The molecule has 2 nitrogen and oxygen atoms in total. The van der Waals surface area contributed by atoms with Gasteiger partial charge in [0, 0.05) is 4.47 Å². The molecule has 4 heteroatoms. The first-order valence-electron chi connectivity index (χ1n) is 4.81. The lowest BCUT2D eigenvalue weighted by atomic mass is 10.0. The highest BCUT2D eigenvalue weighted by Crippen LogP contribution is 2.17. The largest absolute Gasteiger partial charge is 0.321 e. The van der Waals surface area contributed by atoms with Gasteiger partial charge in [-0.15, -0.1) is 0 Å². The van der Waals surface area contributed by atoms with E-state index in [-0.39, 0.29) is 11.3 Å². The third-order valence-corrected chi connectivity index (χ3v) is 2.62. The van der Waals surface area contributed by atoms with Crippen LogP contribution in [0.15, 0.2) is 22.7 Å². The molecule has 1 atom stereocenters. The van der Waals surface area contributed by atoms with Crippen LogP contribution in [0.2, 0.25) is 0 Å². The second-order valence-corrected chi connectivity index (χ2v) is 4.30. The Labute approximate surface area is 96.8 Å². The predicted molar refractivity (Wildman–Crippen MR) is 61.3 cm³/mol. The quantitative estimate of drug-likeness (QED) is 0.858. The molecule has 15 heavy (non-hydrogen) atoms. The van der Waals surface area contributed by atoms with Crippen molar-refractivity contribution < 1.29 is 9.18 Å². The van der Waals surface area contributed by atoms with E-state index in [9.17, 15) is 9.18 Å². The van der Waals surface area contributed by atoms with Crippen LogP contribution in [-0.2, 0) is 0 Å². The fourth-order valence-corrected chi connectivity index (χ4v) is 1.69. The highest BCUT2D eigenvalue weighted by atomic mass is 79.9. The minimum absolute atomic E-state index is 0.0605. The molecule has 0 aliphatic rings. The highest BCUT2D eigenvalue weighted by Gasteiger charge is 2.18. The molecular weight excluding hydrogens is 261 g/mol. The number of Topliss-reactive ketones (excluding diaryl/α,β-unsaturated/α-hetero) is 1. The van der Waals surface area contributed by atoms with Crippen molar-refractivity contribution in [3.05, 3.63) is 34.1 Å². The summed E-state index contributed by atoms with van der Waals surface area (Å²) in [7, 11) is 0. The van der Waals surface area contributed by atoms with Crippen molar-refractivity contribution >= 4 is 21.7 Å². The van der Waals surface area contributed by atoms with E-state index in [1.165, 1.54) is 12.1 Å². The van der Waals surface area contributed by atoms with Crippen molar-refractivity contribution in [1.82, 2.24) is 0 Å². The van der Waals surface area contributed by atoms with E-state index in [0.717, 1.165) is 6.42 Å². The molecule has 0 saturated carbocycles. The fourth-order valence-electron chi connectivity index (χ4n) is 1.33. The number of nitrogens with two attached hydrogens (primary N) is 1. The van der Waals surface area contributed by atoms with Gasteiger partial charge in [-0.1, -0.05) is 29.3 Å². The number of rotatable bonds is 4. The van der Waals surface area contributed by atoms with Crippen LogP contribution >= 0.6 is 15.9 Å². The van der Waals surface area contributed by atoms with E-state index >= 15 is 0 Å². The van der Waals surface area contributed by atoms with Gasteiger partial charge in [0.2, 0.25) is 0 Å². The molecule has 0 amide bonds. The lowest BCUT2D eigenvalue weighted by molar-refractivity contribution is 0.0953. The molecule has 1 aromatic rings. The molecule has 0 saturated heterocycles. The topological polar surface area (TPSA) is 43.1 Å². The summed E-state index contributed by atoms with van der Waals surface area (Å²) >= 11 is 3.19. The number of halogens is 2. The lowest BCUT2D eigenvalue weighted by Crippen LogP contribution is -2.30. The third-order valence-electron chi connectivity index (χ3n) is 2.13. The first-order chi connectivity index (χ1) is 7.06. The van der Waals surface area contributed by atoms with Gasteiger partial charge >= 0.3 is 0 Å². The number of carbonyl (C=O) groups is 1. The molecule has 1 aromatic carbocycles. The van der Waals surface area contributed by atoms with E-state index in [2.05, 4.69) is 15.9 Å². The second-order valence-electron chi connectivity index (χ2n) is 3.38. The number of carbonyl (C=O) groups excluding carboxylic acids is 1. The Hall–Kier alpha value is -0.740. The summed E-state index contributed by atoms with van der Waals surface area (Å²) in [6.07, 6.45) is 1.38. The molecule has 0 radical (unpaired) electrons. The average Bonchev–Trinajstić information content (AvgIpc) is 2.21. The molecule has 0 aromatic heterocycles. The Kier molecular flexibility index (Phi) is 4.42. The summed E-state index contributed by atoms with van der Waals surface area (Å²) in [5.74, 6) is -0.856. The van der Waals surface area contributed by atoms with Crippen molar-refractivity contribution in [2.75, 3.05) is 0 Å². The van der Waals surface area contributed by atoms with E-state index < -0.39 is 11.9 Å². The smallest absolute Gasteiger partial charge is 0.182 e. The lowest BCUT2D eigenvalue weighted by Gasteiger charge is -2.09. The zero-order chi connectivity index (χ0) is 11.4. The van der Waals surface area contributed by atoms with Gasteiger partial charge in [-0.2, -0.15) is 0 Å². The van der Waals surface area contributed by atoms with E-state index in [4.69, 9.17) is 5.73 Å². The molecule has 0 spiro atoms. The number of hydrogen-bond acceptors (Lipinski definition) is 2. The van der Waals surface area contributed by atoms with Crippen molar-refractivity contribution in [3.63, 3.8) is 0 Å². The molecule has 1 rings (SSSR count). The molecule has 1 unspecified atom stereocenters. The zero-order valence-electron chi connectivity index (χ0n) is 8.47. The van der Waals surface area contributed by atoms with Gasteiger partial charge in [0.1, 0.15) is 5.82 Å². The first-order valence-corrected chi connectivity index (χ1v) is 5.60. The maximum atomic E-state index is 13.3. The van der Waals surface area contributed by atoms with Crippen molar-refractivity contribution in [2.24, 2.45) is 5.73 Å². The van der Waals surface area contributed by atoms with E-state index in [1.54, 1.807) is 6.07 Å². The average molecular weight is 274 g/mol. The maximum Gasteiger partial charge on any atom is 0.182 e. The van der Waals surface area contributed by atoms with Gasteiger partial charge in [-0.3, -0.25) is 4.79 Å². The molecule has 0 fully saturated rings. The standard InChI is InChI=1S/C11H13BrFNO/c1-2-3-10(14)11(15)8-6-7(12)4-5-9(8)13/h4-6,10H,2-3,14H2,1H3. The fraction of sp³-hybridized carbons (Fsp3) is 0.364. The number of ketones is 1. The van der Waals surface area contributed by atoms with Crippen LogP contribution < -0.4 is 5.73 Å². The van der Waals surface area contributed by atoms with Crippen LogP contribution in [0.3, 0.4) is 0 Å². The van der Waals surface area contributed by atoms with Crippen molar-refractivity contribution in [2.45, 2.75) is 25.8 Å². The predicted octanol–water partition coefficient (Wildman–Crippen LogP) is 2.90. The Morgan fingerprint density at radius 3 is 2.87 bits per heavy atom. The molecular formula is C11H13BrFNO. The second kappa shape index (κ2) is 5.37. The summed E-state index contributed by atoms with van der Waals surface area (Å²) < 4.78 is 14.0. The molecule has 2 N–H and O–H groups in total. The van der Waals surface area contributed by atoms with Gasteiger partial charge in [-0.25, -0.2) is 4.39 Å². The van der Waals surface area contributed by atoms with Crippen LogP contribution in [0.25, 0.3) is 0 Å². The monoisotopic (exact) mass is 273 g/mol. The number of hydrogen-bond donors (Lipinski definition) is 1. The normalized spacial score (nSPS) is 12.5. The van der Waals surface area contributed by atoms with E-state index in [1.807, 2.05) is 6.92 Å². The molecule has 0 aliphatic heterocycles. The van der Waals surface area contributed by atoms with Crippen molar-refractivity contribution in [1.29, 1.82) is 0 Å². The third kappa shape index (κ3) is 3.11. The summed E-state index contributed by atoms with van der Waals surface area (Å²) in [6, 6.07) is 3.67. The maximum absolute atomic E-state index is 13.3. The summed E-state index contributed by atoms with van der Waals surface area (Å²) in [6.45, 7) is 1.93. The minimum Gasteiger partial charge on any atom is -0.321 e. The first kappa shape index (κ1) is 12.3.